The highest BCUT2D eigenvalue weighted by Crippen LogP contribution is 2.34. The third-order valence-electron chi connectivity index (χ3n) is 4.70. The van der Waals surface area contributed by atoms with Gasteiger partial charge in [-0.05, 0) is 54.6 Å². The van der Waals surface area contributed by atoms with Gasteiger partial charge in [0.25, 0.3) is 11.6 Å². The smallest absolute Gasteiger partial charge is 0.340 e. The van der Waals surface area contributed by atoms with E-state index >= 15 is 0 Å². The Kier molecular flexibility index (Phi) is 6.09. The van der Waals surface area contributed by atoms with Gasteiger partial charge < -0.3 is 14.5 Å². The first-order valence-electron chi connectivity index (χ1n) is 9.68. The Hall–Kier alpha value is -4.18. The Morgan fingerprint density at radius 2 is 2.00 bits per heavy atom. The fourth-order valence-electron chi connectivity index (χ4n) is 3.15. The summed E-state index contributed by atoms with van der Waals surface area (Å²) in [5.41, 5.74) is 1.69. The zero-order valence-electron chi connectivity index (χ0n) is 17.5. The number of amidine groups is 1. The Balaban J connectivity index is 1.60. The maximum Gasteiger partial charge on any atom is 0.340 e. The second kappa shape index (κ2) is 9.13. The number of nitro groups is 1. The number of carbonyl (C=O) groups is 2. The molecule has 33 heavy (non-hydrogen) atoms. The molecule has 3 aromatic rings. The monoisotopic (exact) mass is 463 g/mol. The van der Waals surface area contributed by atoms with Gasteiger partial charge >= 0.3 is 5.97 Å². The zero-order chi connectivity index (χ0) is 23.5. The molecule has 1 aliphatic heterocycles. The van der Waals surface area contributed by atoms with E-state index in [1.807, 2.05) is 0 Å². The van der Waals surface area contributed by atoms with Crippen molar-refractivity contribution >= 4 is 46.3 Å². The lowest BCUT2D eigenvalue weighted by Gasteiger charge is -2.03. The molecule has 0 unspecified atom stereocenters. The van der Waals surface area contributed by atoms with Gasteiger partial charge in [0.15, 0.2) is 5.17 Å². The molecule has 0 radical (unpaired) electrons. The minimum Gasteiger partial charge on any atom is -0.465 e. The van der Waals surface area contributed by atoms with Gasteiger partial charge in [-0.2, -0.15) is 0 Å². The minimum atomic E-state index is -0.534. The molecule has 4 rings (SSSR count). The minimum absolute atomic E-state index is 0.0600. The molecule has 0 bridgehead atoms. The highest BCUT2D eigenvalue weighted by atomic mass is 32.2. The standard InChI is InChI=1S/C23H17N3O6S/c1-13-7-9-16(18(11-13)26(29)30)19-10-8-14(32-19)12-20-21(27)25-23(33-20)24-17-6-4-3-5-15(17)22(28)31-2/h3-12H,1-2H3,(H,24,25,27)/b20-12+. The number of furan rings is 1. The molecule has 1 fully saturated rings. The van der Waals surface area contributed by atoms with E-state index in [-0.39, 0.29) is 17.2 Å². The van der Waals surface area contributed by atoms with E-state index in [1.54, 1.807) is 55.5 Å². The van der Waals surface area contributed by atoms with E-state index in [2.05, 4.69) is 10.3 Å². The topological polar surface area (TPSA) is 124 Å². The van der Waals surface area contributed by atoms with Crippen LogP contribution in [0.4, 0.5) is 11.4 Å². The number of nitro benzene ring substituents is 1. The Bertz CT molecular complexity index is 1340. The summed E-state index contributed by atoms with van der Waals surface area (Å²) in [6, 6.07) is 14.7. The van der Waals surface area contributed by atoms with E-state index in [0.29, 0.717) is 32.8 Å². The van der Waals surface area contributed by atoms with Gasteiger partial charge in [0.1, 0.15) is 11.5 Å². The summed E-state index contributed by atoms with van der Waals surface area (Å²) < 4.78 is 10.5. The number of aryl methyl sites for hydroxylation is 1. The maximum absolute atomic E-state index is 12.4. The summed E-state index contributed by atoms with van der Waals surface area (Å²) in [5.74, 6) is -0.242. The van der Waals surface area contributed by atoms with Crippen molar-refractivity contribution in [2.75, 3.05) is 7.11 Å². The van der Waals surface area contributed by atoms with Gasteiger partial charge in [-0.3, -0.25) is 14.9 Å². The number of aliphatic imine (C=N–C) groups is 1. The maximum atomic E-state index is 12.4. The van der Waals surface area contributed by atoms with Crippen molar-refractivity contribution in [1.29, 1.82) is 0 Å². The predicted octanol–water partition coefficient (Wildman–Crippen LogP) is 4.84. The van der Waals surface area contributed by atoms with E-state index < -0.39 is 10.9 Å². The van der Waals surface area contributed by atoms with Crippen LogP contribution in [0.1, 0.15) is 21.7 Å². The van der Waals surface area contributed by atoms with Gasteiger partial charge in [-0.15, -0.1) is 0 Å². The van der Waals surface area contributed by atoms with Crippen LogP contribution in [0.5, 0.6) is 0 Å². The van der Waals surface area contributed by atoms with Crippen LogP contribution in [-0.4, -0.2) is 29.1 Å². The summed E-state index contributed by atoms with van der Waals surface area (Å²) in [4.78, 5) is 40.0. The lowest BCUT2D eigenvalue weighted by Crippen LogP contribution is -2.19. The summed E-state index contributed by atoms with van der Waals surface area (Å²) in [6.45, 7) is 1.77. The van der Waals surface area contributed by atoms with Crippen LogP contribution in [0.25, 0.3) is 17.4 Å². The quantitative estimate of drug-likeness (QED) is 0.248. The number of esters is 1. The average Bonchev–Trinajstić information content (AvgIpc) is 3.40. The van der Waals surface area contributed by atoms with Crippen molar-refractivity contribution in [1.82, 2.24) is 5.32 Å². The lowest BCUT2D eigenvalue weighted by molar-refractivity contribution is -0.384. The SMILES string of the molecule is COC(=O)c1ccccc1N=C1NC(=O)/C(=C\c2ccc(-c3ccc(C)cc3[N+](=O)[O-])o2)S1. The first-order valence-corrected chi connectivity index (χ1v) is 10.5. The Morgan fingerprint density at radius 3 is 2.76 bits per heavy atom. The van der Waals surface area contributed by atoms with Crippen molar-refractivity contribution in [3.63, 3.8) is 0 Å². The Labute approximate surface area is 192 Å². The number of nitrogens with one attached hydrogen (secondary N) is 1. The predicted molar refractivity (Wildman–Crippen MR) is 124 cm³/mol. The molecule has 1 N–H and O–H groups in total. The number of carbonyl (C=O) groups excluding carboxylic acids is 2. The summed E-state index contributed by atoms with van der Waals surface area (Å²) in [7, 11) is 1.28. The molecular weight excluding hydrogens is 446 g/mol. The Morgan fingerprint density at radius 1 is 1.21 bits per heavy atom. The third kappa shape index (κ3) is 4.70. The van der Waals surface area contributed by atoms with Crippen LogP contribution < -0.4 is 5.32 Å². The van der Waals surface area contributed by atoms with Crippen LogP contribution in [0.2, 0.25) is 0 Å². The lowest BCUT2D eigenvalue weighted by atomic mass is 10.1. The number of hydrogen-bond donors (Lipinski definition) is 1. The summed E-state index contributed by atoms with van der Waals surface area (Å²) >= 11 is 1.08. The summed E-state index contributed by atoms with van der Waals surface area (Å²) in [5, 5.41) is 14.3. The molecule has 166 valence electrons. The van der Waals surface area contributed by atoms with Gasteiger partial charge in [-0.25, -0.2) is 9.79 Å². The molecular formula is C23H17N3O6S. The highest BCUT2D eigenvalue weighted by Gasteiger charge is 2.25. The molecule has 1 amide bonds. The fraction of sp³-hybridized carbons (Fsp3) is 0.0870. The highest BCUT2D eigenvalue weighted by molar-refractivity contribution is 8.18. The number of thioether (sulfide) groups is 1. The van der Waals surface area contributed by atoms with Crippen LogP contribution in [-0.2, 0) is 9.53 Å². The van der Waals surface area contributed by atoms with Crippen molar-refractivity contribution in [2.45, 2.75) is 6.92 Å². The fourth-order valence-corrected chi connectivity index (χ4v) is 3.96. The first kappa shape index (κ1) is 22.0. The first-order chi connectivity index (χ1) is 15.9. The zero-order valence-corrected chi connectivity index (χ0v) is 18.3. The average molecular weight is 463 g/mol. The van der Waals surface area contributed by atoms with E-state index in [0.717, 1.165) is 17.3 Å². The largest absolute Gasteiger partial charge is 0.465 e. The third-order valence-corrected chi connectivity index (χ3v) is 5.61. The number of hydrogen-bond acceptors (Lipinski definition) is 8. The molecule has 0 saturated carbocycles. The molecule has 2 aromatic carbocycles. The molecule has 1 aliphatic rings. The molecule has 0 aliphatic carbocycles. The van der Waals surface area contributed by atoms with E-state index in [4.69, 9.17) is 9.15 Å². The normalized spacial score (nSPS) is 15.6. The number of amides is 1. The van der Waals surface area contributed by atoms with Crippen LogP contribution >= 0.6 is 11.8 Å². The number of para-hydroxylation sites is 1. The van der Waals surface area contributed by atoms with Crippen LogP contribution in [0.15, 0.2) is 68.9 Å². The van der Waals surface area contributed by atoms with Gasteiger partial charge in [0.05, 0.1) is 33.8 Å². The van der Waals surface area contributed by atoms with Crippen molar-refractivity contribution in [3.8, 4) is 11.3 Å². The number of methoxy groups -OCH3 is 1. The van der Waals surface area contributed by atoms with Crippen LogP contribution in [0.3, 0.4) is 0 Å². The number of benzene rings is 2. The van der Waals surface area contributed by atoms with Crippen molar-refractivity contribution in [3.05, 3.63) is 86.5 Å². The molecule has 0 spiro atoms. The number of rotatable bonds is 5. The molecule has 1 aromatic heterocycles. The van der Waals surface area contributed by atoms with Gasteiger partial charge in [-0.1, -0.05) is 18.2 Å². The molecule has 10 heteroatoms. The van der Waals surface area contributed by atoms with Crippen LogP contribution in [0, 0.1) is 17.0 Å². The van der Waals surface area contributed by atoms with E-state index in [9.17, 15) is 19.7 Å². The summed E-state index contributed by atoms with van der Waals surface area (Å²) in [6.07, 6.45) is 1.53. The number of nitrogens with zero attached hydrogens (tertiary/aromatic N) is 2. The molecule has 1 saturated heterocycles. The van der Waals surface area contributed by atoms with Gasteiger partial charge in [0.2, 0.25) is 0 Å². The van der Waals surface area contributed by atoms with E-state index in [1.165, 1.54) is 19.3 Å². The van der Waals surface area contributed by atoms with Crippen molar-refractivity contribution < 1.29 is 23.7 Å². The van der Waals surface area contributed by atoms with Gasteiger partial charge in [0, 0.05) is 12.1 Å². The molecule has 0 atom stereocenters. The second-order valence-corrected chi connectivity index (χ2v) is 8.00. The second-order valence-electron chi connectivity index (χ2n) is 6.97. The molecule has 2 heterocycles. The van der Waals surface area contributed by atoms with Crippen molar-refractivity contribution in [2.24, 2.45) is 4.99 Å². The number of ether oxygens (including phenoxy) is 1. The molecule has 9 nitrogen and oxygen atoms in total.